The van der Waals surface area contributed by atoms with E-state index in [1.165, 1.54) is 21.6 Å². The molecule has 246 valence electrons. The maximum absolute atomic E-state index is 13.0. The third-order valence-electron chi connectivity index (χ3n) is 8.30. The molecule has 43 heavy (non-hydrogen) atoms. The first-order chi connectivity index (χ1) is 20.4. The molecule has 0 spiro atoms. The molecular weight excluding hydrogens is 546 g/mol. The van der Waals surface area contributed by atoms with Crippen molar-refractivity contribution in [1.29, 1.82) is 0 Å². The van der Waals surface area contributed by atoms with Gasteiger partial charge in [0.1, 0.15) is 12.3 Å². The molecule has 1 heterocycles. The van der Waals surface area contributed by atoms with Crippen LogP contribution in [0.15, 0.2) is 39.9 Å². The molecule has 5 unspecified atom stereocenters. The zero-order valence-corrected chi connectivity index (χ0v) is 27.7. The highest BCUT2D eigenvalue weighted by atomic mass is 16.7. The van der Waals surface area contributed by atoms with E-state index in [1.807, 2.05) is 13.0 Å². The molecule has 2 aliphatic rings. The molecule has 0 aromatic carbocycles. The first-order valence-electron chi connectivity index (χ1n) is 15.9. The Morgan fingerprint density at radius 3 is 2.51 bits per heavy atom. The van der Waals surface area contributed by atoms with Crippen molar-refractivity contribution in [2.75, 3.05) is 33.8 Å². The van der Waals surface area contributed by atoms with Gasteiger partial charge < -0.3 is 41.0 Å². The summed E-state index contributed by atoms with van der Waals surface area (Å²) in [5, 5.41) is 14.5. The van der Waals surface area contributed by atoms with Crippen LogP contribution in [-0.4, -0.2) is 98.3 Å². The van der Waals surface area contributed by atoms with Crippen LogP contribution in [0.4, 0.5) is 0 Å². The number of hydrogen-bond donors (Lipinski definition) is 4. The molecule has 0 aromatic rings. The standard InChI is InChI=1S/C33H59N5O5/c1-8-36-21-26-15-16-27(34)32(42-26)43-33(35)19-28(39)31(29(20-33)41-7)38(6)30(40)22-37-18-17-25(5)14-10-13-24(4)12-9-11-23(2)3/h11,13,17-18,26-29,31-32,36,39H,8-10,12,14-16,19-22,34-35H2,1-7H3/b24-13+,25-17+,37-18+/t26?,27?,28?,29-,31?,32+,33?/m0/s1. The van der Waals surface area contributed by atoms with Crippen LogP contribution < -0.4 is 16.8 Å². The number of hydrogen-bond acceptors (Lipinski definition) is 9. The maximum Gasteiger partial charge on any atom is 0.244 e. The van der Waals surface area contributed by atoms with E-state index in [1.54, 1.807) is 20.4 Å². The van der Waals surface area contributed by atoms with Crippen LogP contribution in [-0.2, 0) is 19.0 Å². The molecule has 10 heteroatoms. The fourth-order valence-corrected chi connectivity index (χ4v) is 5.68. The number of nitrogens with two attached hydrogens (primary N) is 2. The lowest BCUT2D eigenvalue weighted by molar-refractivity contribution is -0.273. The number of carbonyl (C=O) groups excluding carboxylic acids is 1. The van der Waals surface area contributed by atoms with Crippen LogP contribution in [0.3, 0.4) is 0 Å². The van der Waals surface area contributed by atoms with Crippen molar-refractivity contribution in [3.05, 3.63) is 34.9 Å². The summed E-state index contributed by atoms with van der Waals surface area (Å²) >= 11 is 0. The van der Waals surface area contributed by atoms with E-state index in [-0.39, 0.29) is 37.4 Å². The summed E-state index contributed by atoms with van der Waals surface area (Å²) in [6.45, 7) is 12.1. The number of likely N-dealkylation sites (N-methyl/N-ethyl adjacent to an activating group) is 2. The summed E-state index contributed by atoms with van der Waals surface area (Å²) in [6.07, 6.45) is 12.1. The van der Waals surface area contributed by atoms with E-state index in [0.717, 1.165) is 45.1 Å². The number of nitrogens with zero attached hydrogens (tertiary/aromatic N) is 2. The van der Waals surface area contributed by atoms with Gasteiger partial charge in [-0.25, -0.2) is 0 Å². The molecule has 6 N–H and O–H groups in total. The minimum absolute atomic E-state index is 0.0144. The number of methoxy groups -OCH3 is 1. The van der Waals surface area contributed by atoms with Crippen LogP contribution in [0.1, 0.15) is 86.0 Å². The average molecular weight is 606 g/mol. The molecule has 1 aliphatic carbocycles. The molecule has 10 nitrogen and oxygen atoms in total. The molecule has 7 atom stereocenters. The second-order valence-electron chi connectivity index (χ2n) is 12.5. The Kier molecular flexibility index (Phi) is 16.3. The van der Waals surface area contributed by atoms with Crippen molar-refractivity contribution in [3.63, 3.8) is 0 Å². The number of allylic oxidation sites excluding steroid dienone is 6. The van der Waals surface area contributed by atoms with Gasteiger partial charge >= 0.3 is 0 Å². The Labute approximate surface area is 260 Å². The predicted octanol–water partition coefficient (Wildman–Crippen LogP) is 3.59. The predicted molar refractivity (Wildman–Crippen MR) is 174 cm³/mol. The summed E-state index contributed by atoms with van der Waals surface area (Å²) in [7, 11) is 3.22. The van der Waals surface area contributed by atoms with Crippen LogP contribution in [0.5, 0.6) is 0 Å². The fraction of sp³-hybridized carbons (Fsp3) is 0.758. The number of amides is 1. The minimum atomic E-state index is -1.21. The largest absolute Gasteiger partial charge is 0.391 e. The highest BCUT2D eigenvalue weighted by Crippen LogP contribution is 2.35. The number of aliphatic hydroxyl groups is 1. The third kappa shape index (κ3) is 12.9. The summed E-state index contributed by atoms with van der Waals surface area (Å²) in [5.74, 6) is -0.210. The van der Waals surface area contributed by atoms with Gasteiger partial charge in [0.25, 0.3) is 0 Å². The van der Waals surface area contributed by atoms with E-state index in [9.17, 15) is 9.90 Å². The minimum Gasteiger partial charge on any atom is -0.391 e. The number of aliphatic imine (C=N–C) groups is 1. The Balaban J connectivity index is 1.88. The van der Waals surface area contributed by atoms with Crippen LogP contribution in [0, 0.1) is 0 Å². The SMILES string of the molecule is CCNCC1CCC(N)[C@@H](OC2(N)CC(O)C(N(C)C(=O)C/N=C/C=C(\C)CC/C=C(\C)CCC=C(C)C)[C@@H](OC)C2)O1. The number of ether oxygens (including phenoxy) is 3. The van der Waals surface area contributed by atoms with Crippen molar-refractivity contribution < 1.29 is 24.1 Å². The van der Waals surface area contributed by atoms with Crippen molar-refractivity contribution in [3.8, 4) is 0 Å². The number of rotatable bonds is 16. The van der Waals surface area contributed by atoms with Gasteiger partial charge in [-0.3, -0.25) is 9.79 Å². The van der Waals surface area contributed by atoms with Gasteiger partial charge in [0.05, 0.1) is 30.4 Å². The molecule has 1 aliphatic heterocycles. The monoisotopic (exact) mass is 605 g/mol. The molecule has 0 aromatic heterocycles. The normalized spacial score (nSPS) is 30.5. The van der Waals surface area contributed by atoms with Crippen LogP contribution in [0.2, 0.25) is 0 Å². The Bertz CT molecular complexity index is 977. The third-order valence-corrected chi connectivity index (χ3v) is 8.30. The Morgan fingerprint density at radius 2 is 1.84 bits per heavy atom. The molecule has 2 rings (SSSR count). The molecule has 2 fully saturated rings. The van der Waals surface area contributed by atoms with Crippen molar-refractivity contribution in [2.24, 2.45) is 16.5 Å². The fourth-order valence-electron chi connectivity index (χ4n) is 5.68. The van der Waals surface area contributed by atoms with E-state index < -0.39 is 30.3 Å². The van der Waals surface area contributed by atoms with Gasteiger partial charge in [-0.2, -0.15) is 0 Å². The van der Waals surface area contributed by atoms with E-state index >= 15 is 0 Å². The van der Waals surface area contributed by atoms with Gasteiger partial charge in [-0.15, -0.1) is 0 Å². The average Bonchev–Trinajstić information content (AvgIpc) is 2.94. The summed E-state index contributed by atoms with van der Waals surface area (Å²) < 4.78 is 18.1. The zero-order valence-electron chi connectivity index (χ0n) is 27.7. The van der Waals surface area contributed by atoms with E-state index in [2.05, 4.69) is 50.2 Å². The van der Waals surface area contributed by atoms with E-state index in [0.29, 0.717) is 6.54 Å². The summed E-state index contributed by atoms with van der Waals surface area (Å²) in [5.41, 5.74) is 15.7. The van der Waals surface area contributed by atoms with Crippen LogP contribution in [0.25, 0.3) is 0 Å². The summed E-state index contributed by atoms with van der Waals surface area (Å²) in [6, 6.07) is -0.897. The Morgan fingerprint density at radius 1 is 1.14 bits per heavy atom. The second kappa shape index (κ2) is 18.8. The van der Waals surface area contributed by atoms with Gasteiger partial charge in [0.2, 0.25) is 5.91 Å². The lowest BCUT2D eigenvalue weighted by Gasteiger charge is -2.49. The van der Waals surface area contributed by atoms with Gasteiger partial charge in [-0.05, 0) is 78.8 Å². The first-order valence-corrected chi connectivity index (χ1v) is 15.9. The topological polar surface area (TPSA) is 145 Å². The zero-order chi connectivity index (χ0) is 32.0. The molecular formula is C33H59N5O5. The molecule has 1 saturated carbocycles. The molecule has 0 radical (unpaired) electrons. The van der Waals surface area contributed by atoms with E-state index in [4.69, 9.17) is 25.7 Å². The van der Waals surface area contributed by atoms with Crippen LogP contribution >= 0.6 is 0 Å². The maximum atomic E-state index is 13.0. The number of nitrogens with one attached hydrogen (secondary N) is 1. The van der Waals surface area contributed by atoms with Gasteiger partial charge in [-0.1, -0.05) is 35.8 Å². The van der Waals surface area contributed by atoms with Gasteiger partial charge in [0, 0.05) is 39.8 Å². The lowest BCUT2D eigenvalue weighted by Crippen LogP contribution is -2.65. The van der Waals surface area contributed by atoms with Gasteiger partial charge in [0.15, 0.2) is 6.29 Å². The lowest BCUT2D eigenvalue weighted by atomic mass is 9.82. The first kappa shape index (κ1) is 37.3. The second-order valence-corrected chi connectivity index (χ2v) is 12.5. The summed E-state index contributed by atoms with van der Waals surface area (Å²) in [4.78, 5) is 18.9. The van der Waals surface area contributed by atoms with Crippen molar-refractivity contribution in [1.82, 2.24) is 10.2 Å². The van der Waals surface area contributed by atoms with Crippen molar-refractivity contribution in [2.45, 2.75) is 128 Å². The smallest absolute Gasteiger partial charge is 0.244 e. The Hall–Kier alpha value is -1.92. The molecule has 0 bridgehead atoms. The number of carbonyl (C=O) groups is 1. The molecule has 1 saturated heterocycles. The number of aliphatic hydroxyl groups excluding tert-OH is 1. The highest BCUT2D eigenvalue weighted by Gasteiger charge is 2.49. The molecule has 1 amide bonds. The van der Waals surface area contributed by atoms with Crippen molar-refractivity contribution >= 4 is 12.1 Å². The quantitative estimate of drug-likeness (QED) is 0.119. The highest BCUT2D eigenvalue weighted by molar-refractivity contribution is 5.81.